The Morgan fingerprint density at radius 2 is 1.92 bits per heavy atom. The molecule has 2 radical (unpaired) electrons. The Kier molecular flexibility index (Phi) is 6.91. The van der Waals surface area contributed by atoms with Crippen LogP contribution in [0.5, 0.6) is 0 Å². The van der Waals surface area contributed by atoms with E-state index in [0.29, 0.717) is 4.88 Å². The molecule has 5 rings (SSSR count). The summed E-state index contributed by atoms with van der Waals surface area (Å²) < 4.78 is 2.21. The predicted octanol–water partition coefficient (Wildman–Crippen LogP) is 4.67. The van der Waals surface area contributed by atoms with Crippen molar-refractivity contribution in [2.45, 2.75) is 40.0 Å². The minimum absolute atomic E-state index is 0.634. The van der Waals surface area contributed by atoms with Gasteiger partial charge in [0.1, 0.15) is 30.3 Å². The van der Waals surface area contributed by atoms with Crippen LogP contribution in [-0.4, -0.2) is 66.9 Å². The normalized spacial score (nSPS) is 16.7. The summed E-state index contributed by atoms with van der Waals surface area (Å²) in [6.07, 6.45) is 8.54. The first kappa shape index (κ1) is 24.6. The second-order valence-electron chi connectivity index (χ2n) is 9.51. The molecule has 1 saturated heterocycles. The second-order valence-corrected chi connectivity index (χ2v) is 10.5. The Balaban J connectivity index is 1.55. The minimum Gasteiger partial charge on any atom is -0.368 e. The van der Waals surface area contributed by atoms with Crippen molar-refractivity contribution in [3.05, 3.63) is 51.7 Å². The highest BCUT2D eigenvalue weighted by molar-refractivity contribution is 7.16. The molecule has 184 valence electrons. The van der Waals surface area contributed by atoms with Gasteiger partial charge in [-0.15, -0.1) is 5.47 Å². The number of piperazine rings is 1. The van der Waals surface area contributed by atoms with Gasteiger partial charge in [0, 0.05) is 39.4 Å². The number of hydrogen-bond donors (Lipinski definition) is 0. The SMILES string of the molecule is [B]C1=CC=C(c2nc(N(C)c3c(CC)nc4c(C)cc(N5CCN(CC)CC5)cn34)sc2C#N)CC1. The number of nitrogens with zero attached hydrogens (tertiary/aromatic N) is 7. The highest BCUT2D eigenvalue weighted by Gasteiger charge is 2.24. The van der Waals surface area contributed by atoms with Crippen molar-refractivity contribution in [3.8, 4) is 6.07 Å². The van der Waals surface area contributed by atoms with Crippen LogP contribution in [0.15, 0.2) is 29.9 Å². The van der Waals surface area contributed by atoms with E-state index in [0.717, 1.165) is 96.6 Å². The summed E-state index contributed by atoms with van der Waals surface area (Å²) >= 11 is 1.43. The van der Waals surface area contributed by atoms with Gasteiger partial charge in [-0.05, 0) is 49.9 Å². The van der Waals surface area contributed by atoms with Crippen molar-refractivity contribution in [1.29, 1.82) is 5.26 Å². The molecule has 9 heteroatoms. The Bertz CT molecular complexity index is 1390. The molecule has 0 N–H and O–H groups in total. The zero-order valence-corrected chi connectivity index (χ0v) is 22.4. The lowest BCUT2D eigenvalue weighted by atomic mass is 9.85. The second kappa shape index (κ2) is 10.1. The molecule has 0 spiro atoms. The Hall–Kier alpha value is -3.09. The third-order valence-electron chi connectivity index (χ3n) is 7.26. The lowest BCUT2D eigenvalue weighted by Gasteiger charge is -2.35. The molecule has 1 aliphatic heterocycles. The van der Waals surface area contributed by atoms with Crippen LogP contribution in [-0.2, 0) is 6.42 Å². The van der Waals surface area contributed by atoms with Gasteiger partial charge in [0.15, 0.2) is 5.13 Å². The van der Waals surface area contributed by atoms with Crippen LogP contribution in [0.1, 0.15) is 48.5 Å². The van der Waals surface area contributed by atoms with Gasteiger partial charge >= 0.3 is 0 Å². The Morgan fingerprint density at radius 1 is 1.14 bits per heavy atom. The fourth-order valence-corrected chi connectivity index (χ4v) is 5.96. The number of likely N-dealkylation sites (N-methyl/N-ethyl adjacent to an activating group) is 1. The fraction of sp³-hybridized carbons (Fsp3) is 0.444. The summed E-state index contributed by atoms with van der Waals surface area (Å²) in [6.45, 7) is 11.8. The van der Waals surface area contributed by atoms with Crippen LogP contribution in [0.3, 0.4) is 0 Å². The molecule has 2 aliphatic rings. The van der Waals surface area contributed by atoms with Gasteiger partial charge < -0.3 is 14.7 Å². The molecule has 3 aromatic rings. The van der Waals surface area contributed by atoms with Crippen LogP contribution in [0.4, 0.5) is 16.6 Å². The van der Waals surface area contributed by atoms with E-state index in [9.17, 15) is 5.26 Å². The van der Waals surface area contributed by atoms with E-state index >= 15 is 0 Å². The summed E-state index contributed by atoms with van der Waals surface area (Å²) in [7, 11) is 7.98. The van der Waals surface area contributed by atoms with Gasteiger partial charge in [0.05, 0.1) is 17.1 Å². The van der Waals surface area contributed by atoms with Crippen LogP contribution >= 0.6 is 11.3 Å². The standard InChI is InChI=1S/C27H32BN7S/c1-5-22-26(32(4)27-31-24(23(16-29)36-27)19-7-9-20(28)10-8-19)35-17-21(15-18(3)25(35)30-22)34-13-11-33(6-2)12-14-34/h7,9,15,17H,5-6,8,10-14H2,1-4H3. The van der Waals surface area contributed by atoms with E-state index in [1.54, 1.807) is 0 Å². The molecule has 0 unspecified atom stereocenters. The number of allylic oxidation sites excluding steroid dienone is 4. The summed E-state index contributed by atoms with van der Waals surface area (Å²) in [5.41, 5.74) is 7.08. The molecule has 4 heterocycles. The van der Waals surface area contributed by atoms with Crippen LogP contribution in [0.25, 0.3) is 11.2 Å². The van der Waals surface area contributed by atoms with Gasteiger partial charge in [-0.1, -0.05) is 37.3 Å². The van der Waals surface area contributed by atoms with Crippen LogP contribution in [0, 0.1) is 18.3 Å². The lowest BCUT2D eigenvalue weighted by molar-refractivity contribution is 0.271. The summed E-state index contributed by atoms with van der Waals surface area (Å²) in [4.78, 5) is 17.6. The number of hydrogen-bond acceptors (Lipinski definition) is 7. The first-order valence-electron chi connectivity index (χ1n) is 12.7. The van der Waals surface area contributed by atoms with Crippen LogP contribution in [0.2, 0.25) is 0 Å². The average molecular weight is 497 g/mol. The molecule has 0 bridgehead atoms. The first-order chi connectivity index (χ1) is 17.4. The highest BCUT2D eigenvalue weighted by atomic mass is 32.1. The molecule has 0 aromatic carbocycles. The number of aryl methyl sites for hydroxylation is 2. The number of thiazole rings is 1. The Labute approximate surface area is 218 Å². The van der Waals surface area contributed by atoms with Gasteiger partial charge in [0.2, 0.25) is 0 Å². The number of fused-ring (bicyclic) bond motifs is 1. The highest BCUT2D eigenvalue weighted by Crippen LogP contribution is 2.38. The third kappa shape index (κ3) is 4.44. The smallest absolute Gasteiger partial charge is 0.192 e. The van der Waals surface area contributed by atoms with E-state index in [2.05, 4.69) is 58.2 Å². The summed E-state index contributed by atoms with van der Waals surface area (Å²) in [6, 6.07) is 4.62. The number of imidazole rings is 1. The number of aromatic nitrogens is 3. The number of pyridine rings is 1. The van der Waals surface area contributed by atoms with E-state index in [-0.39, 0.29) is 0 Å². The average Bonchev–Trinajstić information content (AvgIpc) is 3.51. The third-order valence-corrected chi connectivity index (χ3v) is 8.30. The van der Waals surface area contributed by atoms with Gasteiger partial charge in [-0.25, -0.2) is 9.97 Å². The molecule has 0 amide bonds. The molecule has 36 heavy (non-hydrogen) atoms. The van der Waals surface area contributed by atoms with Crippen LogP contribution < -0.4 is 9.80 Å². The molecule has 0 saturated carbocycles. The quantitative estimate of drug-likeness (QED) is 0.461. The van der Waals surface area contributed by atoms with Crippen molar-refractivity contribution in [1.82, 2.24) is 19.3 Å². The molecule has 7 nitrogen and oxygen atoms in total. The maximum atomic E-state index is 9.86. The lowest BCUT2D eigenvalue weighted by Crippen LogP contribution is -2.46. The van der Waals surface area contributed by atoms with Gasteiger partial charge in [-0.3, -0.25) is 4.40 Å². The molecule has 1 fully saturated rings. The Morgan fingerprint density at radius 3 is 2.56 bits per heavy atom. The molecule has 3 aromatic heterocycles. The fourth-order valence-electron chi connectivity index (χ4n) is 5.10. The molecule has 0 atom stereocenters. The van der Waals surface area contributed by atoms with Gasteiger partial charge in [0.25, 0.3) is 0 Å². The summed E-state index contributed by atoms with van der Waals surface area (Å²) in [5.74, 6) is 1.01. The zero-order valence-electron chi connectivity index (χ0n) is 21.6. The predicted molar refractivity (Wildman–Crippen MR) is 150 cm³/mol. The molecular weight excluding hydrogens is 465 g/mol. The van der Waals surface area contributed by atoms with Crippen molar-refractivity contribution in [3.63, 3.8) is 0 Å². The maximum Gasteiger partial charge on any atom is 0.192 e. The number of anilines is 3. The van der Waals surface area contributed by atoms with Crippen molar-refractivity contribution >= 4 is 47.0 Å². The maximum absolute atomic E-state index is 9.86. The topological polar surface area (TPSA) is 63.7 Å². The minimum atomic E-state index is 0.634. The molecular formula is C27H32BN7S. The number of nitriles is 1. The summed E-state index contributed by atoms with van der Waals surface area (Å²) in [5, 5.41) is 10.7. The molecule has 1 aliphatic carbocycles. The number of rotatable bonds is 6. The van der Waals surface area contributed by atoms with Gasteiger partial charge in [-0.2, -0.15) is 5.26 Å². The van der Waals surface area contributed by atoms with E-state index < -0.39 is 0 Å². The van der Waals surface area contributed by atoms with Crippen molar-refractivity contribution in [2.24, 2.45) is 0 Å². The van der Waals surface area contributed by atoms with E-state index in [1.807, 2.05) is 19.2 Å². The first-order valence-corrected chi connectivity index (χ1v) is 13.5. The van der Waals surface area contributed by atoms with E-state index in [4.69, 9.17) is 17.8 Å². The monoisotopic (exact) mass is 497 g/mol. The van der Waals surface area contributed by atoms with E-state index in [1.165, 1.54) is 17.0 Å². The van der Waals surface area contributed by atoms with Crippen molar-refractivity contribution < 1.29 is 0 Å². The van der Waals surface area contributed by atoms with Crippen molar-refractivity contribution in [2.75, 3.05) is 49.6 Å². The largest absolute Gasteiger partial charge is 0.368 e. The zero-order chi connectivity index (χ0) is 25.4.